The van der Waals surface area contributed by atoms with Crippen molar-refractivity contribution in [2.45, 2.75) is 27.2 Å². The van der Waals surface area contributed by atoms with E-state index in [9.17, 15) is 4.79 Å². The molecule has 0 unspecified atom stereocenters. The number of aryl methyl sites for hydroxylation is 1. The first-order valence-corrected chi connectivity index (χ1v) is 6.78. The van der Waals surface area contributed by atoms with E-state index in [0.717, 1.165) is 28.9 Å². The molecule has 104 valence electrons. The molecule has 4 heteroatoms. The van der Waals surface area contributed by atoms with Gasteiger partial charge in [0, 0.05) is 11.3 Å². The zero-order valence-corrected chi connectivity index (χ0v) is 12.7. The lowest BCUT2D eigenvalue weighted by molar-refractivity contribution is 0.0942. The van der Waals surface area contributed by atoms with Crippen molar-refractivity contribution in [1.82, 2.24) is 9.78 Å². The lowest BCUT2D eigenvalue weighted by Crippen LogP contribution is -2.16. The minimum absolute atomic E-state index is 0.204. The number of hydrogen-bond donors (Lipinski definition) is 0. The van der Waals surface area contributed by atoms with E-state index in [1.165, 1.54) is 4.68 Å². The summed E-state index contributed by atoms with van der Waals surface area (Å²) in [6, 6.07) is 7.00. The van der Waals surface area contributed by atoms with Gasteiger partial charge in [-0.25, -0.2) is 4.68 Å². The van der Waals surface area contributed by atoms with Crippen LogP contribution in [0.25, 0.3) is 0 Å². The fourth-order valence-corrected chi connectivity index (χ4v) is 2.40. The summed E-state index contributed by atoms with van der Waals surface area (Å²) in [6.07, 6.45) is 0.730. The third-order valence-electron chi connectivity index (χ3n) is 3.22. The largest absolute Gasteiger partial charge is 0.279 e. The van der Waals surface area contributed by atoms with Gasteiger partial charge < -0.3 is 0 Å². The van der Waals surface area contributed by atoms with Gasteiger partial charge in [-0.3, -0.25) is 4.79 Å². The molecule has 0 aliphatic heterocycles. The average Bonchev–Trinajstić information content (AvgIpc) is 2.66. The molecule has 0 aliphatic rings. The molecule has 2 aromatic rings. The van der Waals surface area contributed by atoms with Gasteiger partial charge in [-0.2, -0.15) is 5.10 Å². The van der Waals surface area contributed by atoms with Crippen molar-refractivity contribution in [1.29, 1.82) is 0 Å². The Bertz CT molecular complexity index is 686. The predicted octanol–water partition coefficient (Wildman–Crippen LogP) is 3.96. The van der Waals surface area contributed by atoms with E-state index in [4.69, 9.17) is 11.6 Å². The zero-order valence-electron chi connectivity index (χ0n) is 11.9. The van der Waals surface area contributed by atoms with E-state index < -0.39 is 0 Å². The van der Waals surface area contributed by atoms with Crippen LogP contribution in [0.1, 0.15) is 34.2 Å². The Hall–Kier alpha value is -1.87. The Morgan fingerprint density at radius 3 is 2.60 bits per heavy atom. The van der Waals surface area contributed by atoms with Crippen molar-refractivity contribution < 1.29 is 4.79 Å². The predicted molar refractivity (Wildman–Crippen MR) is 81.4 cm³/mol. The molecule has 0 aliphatic carbocycles. The minimum Gasteiger partial charge on any atom is -0.267 e. The van der Waals surface area contributed by atoms with E-state index in [1.807, 2.05) is 20.8 Å². The van der Waals surface area contributed by atoms with Crippen LogP contribution in [0.4, 0.5) is 0 Å². The summed E-state index contributed by atoms with van der Waals surface area (Å²) in [5, 5.41) is 4.78. The number of carbonyl (C=O) groups excluding carboxylic acids is 1. The lowest BCUT2D eigenvalue weighted by Gasteiger charge is -2.06. The van der Waals surface area contributed by atoms with Crippen LogP contribution in [0.3, 0.4) is 0 Å². The highest BCUT2D eigenvalue weighted by Crippen LogP contribution is 2.21. The van der Waals surface area contributed by atoms with Gasteiger partial charge in [0.15, 0.2) is 0 Å². The van der Waals surface area contributed by atoms with Crippen molar-refractivity contribution in [3.63, 3.8) is 0 Å². The highest BCUT2D eigenvalue weighted by molar-refractivity contribution is 6.33. The standard InChI is InChI=1S/C16H17ClN2O/c1-10(2)9-14-11(3)18-19(12(14)4)16(20)13-7-5-6-8-15(13)17/h5-8H,1,9H2,2-4H3. The number of carbonyl (C=O) groups is 1. The average molecular weight is 289 g/mol. The van der Waals surface area contributed by atoms with Crippen LogP contribution in [0.15, 0.2) is 36.4 Å². The van der Waals surface area contributed by atoms with Crippen molar-refractivity contribution in [3.8, 4) is 0 Å². The number of rotatable bonds is 3. The fourth-order valence-electron chi connectivity index (χ4n) is 2.18. The topological polar surface area (TPSA) is 34.9 Å². The Labute approximate surface area is 123 Å². The van der Waals surface area contributed by atoms with Crippen molar-refractivity contribution in [3.05, 3.63) is 64.0 Å². The fraction of sp³-hybridized carbons (Fsp3) is 0.250. The van der Waals surface area contributed by atoms with Gasteiger partial charge in [0.05, 0.1) is 16.3 Å². The summed E-state index contributed by atoms with van der Waals surface area (Å²) in [6.45, 7) is 9.68. The Morgan fingerprint density at radius 2 is 2.00 bits per heavy atom. The van der Waals surface area contributed by atoms with E-state index in [2.05, 4.69) is 11.7 Å². The molecule has 0 spiro atoms. The third-order valence-corrected chi connectivity index (χ3v) is 3.55. The molecule has 0 saturated carbocycles. The molecule has 1 aromatic carbocycles. The van der Waals surface area contributed by atoms with Crippen molar-refractivity contribution >= 4 is 17.5 Å². The van der Waals surface area contributed by atoms with Crippen molar-refractivity contribution in [2.24, 2.45) is 0 Å². The van der Waals surface area contributed by atoms with E-state index in [1.54, 1.807) is 24.3 Å². The van der Waals surface area contributed by atoms with Crippen LogP contribution in [-0.2, 0) is 6.42 Å². The molecule has 0 fully saturated rings. The molecule has 0 amide bonds. The minimum atomic E-state index is -0.204. The molecular formula is C16H17ClN2O. The van der Waals surface area contributed by atoms with Gasteiger partial charge in [-0.15, -0.1) is 0 Å². The second-order valence-electron chi connectivity index (χ2n) is 4.98. The van der Waals surface area contributed by atoms with Gasteiger partial charge in [-0.05, 0) is 39.3 Å². The van der Waals surface area contributed by atoms with Gasteiger partial charge in [-0.1, -0.05) is 35.9 Å². The van der Waals surface area contributed by atoms with Crippen LogP contribution in [0.5, 0.6) is 0 Å². The molecule has 0 N–H and O–H groups in total. The molecule has 20 heavy (non-hydrogen) atoms. The second-order valence-corrected chi connectivity index (χ2v) is 5.39. The zero-order chi connectivity index (χ0) is 14.9. The van der Waals surface area contributed by atoms with Gasteiger partial charge in [0.25, 0.3) is 5.91 Å². The number of benzene rings is 1. The Morgan fingerprint density at radius 1 is 1.35 bits per heavy atom. The second kappa shape index (κ2) is 5.63. The van der Waals surface area contributed by atoms with Crippen LogP contribution in [0.2, 0.25) is 5.02 Å². The number of aromatic nitrogens is 2. The van der Waals surface area contributed by atoms with Crippen LogP contribution < -0.4 is 0 Å². The number of nitrogens with zero attached hydrogens (tertiary/aromatic N) is 2. The van der Waals surface area contributed by atoms with E-state index >= 15 is 0 Å². The quantitative estimate of drug-likeness (QED) is 0.801. The van der Waals surface area contributed by atoms with Crippen LogP contribution in [-0.4, -0.2) is 15.7 Å². The summed E-state index contributed by atoms with van der Waals surface area (Å²) in [7, 11) is 0. The highest BCUT2D eigenvalue weighted by Gasteiger charge is 2.19. The molecule has 1 aromatic heterocycles. The smallest absolute Gasteiger partial charge is 0.267 e. The monoisotopic (exact) mass is 288 g/mol. The number of hydrogen-bond acceptors (Lipinski definition) is 2. The first-order valence-electron chi connectivity index (χ1n) is 6.40. The Balaban J connectivity index is 2.47. The SMILES string of the molecule is C=C(C)Cc1c(C)nn(C(=O)c2ccccc2Cl)c1C. The lowest BCUT2D eigenvalue weighted by atomic mass is 10.1. The normalized spacial score (nSPS) is 10.6. The summed E-state index contributed by atoms with van der Waals surface area (Å²) >= 11 is 6.08. The summed E-state index contributed by atoms with van der Waals surface area (Å²) < 4.78 is 1.43. The maximum Gasteiger partial charge on any atom is 0.279 e. The molecule has 3 nitrogen and oxygen atoms in total. The highest BCUT2D eigenvalue weighted by atomic mass is 35.5. The summed E-state index contributed by atoms with van der Waals surface area (Å²) in [5.74, 6) is -0.204. The van der Waals surface area contributed by atoms with Crippen LogP contribution in [0, 0.1) is 13.8 Å². The van der Waals surface area contributed by atoms with Crippen molar-refractivity contribution in [2.75, 3.05) is 0 Å². The number of allylic oxidation sites excluding steroid dienone is 1. The number of halogens is 1. The van der Waals surface area contributed by atoms with Gasteiger partial charge in [0.1, 0.15) is 0 Å². The summed E-state index contributed by atoms with van der Waals surface area (Å²) in [5.41, 5.74) is 4.25. The Kier molecular flexibility index (Phi) is 4.09. The molecule has 2 rings (SSSR count). The van der Waals surface area contributed by atoms with E-state index in [0.29, 0.717) is 10.6 Å². The van der Waals surface area contributed by atoms with Gasteiger partial charge >= 0.3 is 0 Å². The summed E-state index contributed by atoms with van der Waals surface area (Å²) in [4.78, 5) is 12.5. The first-order chi connectivity index (χ1) is 9.41. The molecule has 1 heterocycles. The van der Waals surface area contributed by atoms with Gasteiger partial charge in [0.2, 0.25) is 0 Å². The molecule has 0 bridgehead atoms. The maximum atomic E-state index is 12.5. The third kappa shape index (κ3) is 2.68. The first kappa shape index (κ1) is 14.5. The van der Waals surface area contributed by atoms with Crippen LogP contribution >= 0.6 is 11.6 Å². The molecule has 0 saturated heterocycles. The molecular weight excluding hydrogens is 272 g/mol. The maximum absolute atomic E-state index is 12.5. The van der Waals surface area contributed by atoms with E-state index in [-0.39, 0.29) is 5.91 Å². The molecule has 0 radical (unpaired) electrons. The molecule has 0 atom stereocenters.